The molecule has 0 spiro atoms. The first-order valence-electron chi connectivity index (χ1n) is 5.51. The van der Waals surface area contributed by atoms with Crippen molar-refractivity contribution in [1.82, 2.24) is 5.32 Å². The van der Waals surface area contributed by atoms with Gasteiger partial charge in [-0.15, -0.1) is 0 Å². The summed E-state index contributed by atoms with van der Waals surface area (Å²) in [5.41, 5.74) is 6.88. The highest BCUT2D eigenvalue weighted by Crippen LogP contribution is 2.31. The van der Waals surface area contributed by atoms with Gasteiger partial charge in [-0.2, -0.15) is 0 Å². The lowest BCUT2D eigenvalue weighted by Gasteiger charge is -2.32. The maximum absolute atomic E-state index is 5.77. The van der Waals surface area contributed by atoms with Crippen LogP contribution in [0.5, 0.6) is 0 Å². The van der Waals surface area contributed by atoms with E-state index in [1.807, 2.05) is 0 Å². The molecule has 74 valence electrons. The van der Waals surface area contributed by atoms with Crippen molar-refractivity contribution in [3.8, 4) is 0 Å². The molecule has 2 atom stereocenters. The summed E-state index contributed by atoms with van der Waals surface area (Å²) in [5, 5.41) is 3.49. The normalized spacial score (nSPS) is 35.5. The fourth-order valence-electron chi connectivity index (χ4n) is 2.58. The lowest BCUT2D eigenvalue weighted by atomic mass is 9.79. The Morgan fingerprint density at radius 1 is 1.31 bits per heavy atom. The summed E-state index contributed by atoms with van der Waals surface area (Å²) in [5.74, 6) is 1.82. The van der Waals surface area contributed by atoms with Crippen LogP contribution in [0.4, 0.5) is 0 Å². The molecule has 0 bridgehead atoms. The van der Waals surface area contributed by atoms with Crippen molar-refractivity contribution in [2.24, 2.45) is 17.6 Å². The fourth-order valence-corrected chi connectivity index (χ4v) is 2.58. The van der Waals surface area contributed by atoms with Crippen LogP contribution in [0.25, 0.3) is 0 Å². The maximum atomic E-state index is 5.77. The van der Waals surface area contributed by atoms with Crippen molar-refractivity contribution in [3.63, 3.8) is 0 Å². The van der Waals surface area contributed by atoms with Gasteiger partial charge in [-0.3, -0.25) is 0 Å². The molecule has 0 radical (unpaired) electrons. The molecule has 1 heterocycles. The molecule has 0 aromatic carbocycles. The smallest absolute Gasteiger partial charge is 0.00401 e. The first-order valence-corrected chi connectivity index (χ1v) is 5.51. The monoisotopic (exact) mass is 180 g/mol. The molecule has 0 saturated carbocycles. The van der Waals surface area contributed by atoms with Crippen LogP contribution in [0, 0.1) is 11.8 Å². The van der Waals surface area contributed by atoms with Gasteiger partial charge in [0.1, 0.15) is 0 Å². The van der Waals surface area contributed by atoms with E-state index in [1.165, 1.54) is 38.8 Å². The summed E-state index contributed by atoms with van der Waals surface area (Å²) in [4.78, 5) is 0. The average molecular weight is 180 g/mol. The Bertz CT molecular complexity index is 192. The van der Waals surface area contributed by atoms with Crippen LogP contribution in [0.15, 0.2) is 11.8 Å². The third kappa shape index (κ3) is 2.25. The van der Waals surface area contributed by atoms with E-state index in [-0.39, 0.29) is 0 Å². The quantitative estimate of drug-likeness (QED) is 0.643. The maximum Gasteiger partial charge on any atom is 0.00401 e. The minimum Gasteiger partial charge on any atom is -0.402 e. The summed E-state index contributed by atoms with van der Waals surface area (Å²) in [6.07, 6.45) is 8.68. The number of hydrogen-bond acceptors (Lipinski definition) is 2. The van der Waals surface area contributed by atoms with E-state index in [0.717, 1.165) is 24.0 Å². The predicted molar refractivity (Wildman–Crippen MR) is 55.2 cm³/mol. The predicted octanol–water partition coefficient (Wildman–Crippen LogP) is 1.63. The molecule has 2 rings (SSSR count). The third-order valence-electron chi connectivity index (χ3n) is 3.49. The lowest BCUT2D eigenvalue weighted by molar-refractivity contribution is 0.246. The van der Waals surface area contributed by atoms with E-state index in [9.17, 15) is 0 Å². The number of allylic oxidation sites excluding steroid dienone is 2. The second kappa shape index (κ2) is 4.14. The van der Waals surface area contributed by atoms with Gasteiger partial charge < -0.3 is 11.1 Å². The van der Waals surface area contributed by atoms with E-state index in [0.29, 0.717) is 0 Å². The highest BCUT2D eigenvalue weighted by molar-refractivity contribution is 5.02. The summed E-state index contributed by atoms with van der Waals surface area (Å²) >= 11 is 0. The summed E-state index contributed by atoms with van der Waals surface area (Å²) < 4.78 is 0. The van der Waals surface area contributed by atoms with E-state index in [1.54, 1.807) is 0 Å². The first-order chi connectivity index (χ1) is 6.36. The van der Waals surface area contributed by atoms with E-state index in [2.05, 4.69) is 11.4 Å². The molecule has 13 heavy (non-hydrogen) atoms. The zero-order valence-electron chi connectivity index (χ0n) is 8.26. The topological polar surface area (TPSA) is 38.0 Å². The molecule has 0 amide bonds. The van der Waals surface area contributed by atoms with Crippen molar-refractivity contribution in [2.45, 2.75) is 32.1 Å². The zero-order valence-corrected chi connectivity index (χ0v) is 8.26. The van der Waals surface area contributed by atoms with Crippen LogP contribution in [-0.2, 0) is 0 Å². The van der Waals surface area contributed by atoms with Crippen LogP contribution in [0.3, 0.4) is 0 Å². The number of nitrogens with one attached hydrogen (secondary N) is 1. The standard InChI is InChI=1S/C11H20N2/c12-11-5-3-9(4-6-11)10-2-1-7-13-8-10/h5,9-10,13H,1-4,6-8,12H2. The Morgan fingerprint density at radius 3 is 2.85 bits per heavy atom. The largest absolute Gasteiger partial charge is 0.402 e. The van der Waals surface area contributed by atoms with E-state index >= 15 is 0 Å². The molecule has 0 aromatic rings. The van der Waals surface area contributed by atoms with Gasteiger partial charge in [0.15, 0.2) is 0 Å². The van der Waals surface area contributed by atoms with Gasteiger partial charge in [0.2, 0.25) is 0 Å². The Hall–Kier alpha value is -0.500. The molecule has 2 unspecified atom stereocenters. The van der Waals surface area contributed by atoms with E-state index < -0.39 is 0 Å². The molecular weight excluding hydrogens is 160 g/mol. The number of piperidine rings is 1. The Balaban J connectivity index is 1.86. The van der Waals surface area contributed by atoms with Crippen LogP contribution < -0.4 is 11.1 Å². The van der Waals surface area contributed by atoms with E-state index in [4.69, 9.17) is 5.73 Å². The van der Waals surface area contributed by atoms with Crippen LogP contribution in [0.2, 0.25) is 0 Å². The van der Waals surface area contributed by atoms with Crippen molar-refractivity contribution >= 4 is 0 Å². The minimum absolute atomic E-state index is 0.903. The Morgan fingerprint density at radius 2 is 2.23 bits per heavy atom. The first kappa shape index (κ1) is 9.07. The highest BCUT2D eigenvalue weighted by atomic mass is 14.9. The van der Waals surface area contributed by atoms with Crippen molar-refractivity contribution in [3.05, 3.63) is 11.8 Å². The molecule has 2 nitrogen and oxygen atoms in total. The van der Waals surface area contributed by atoms with Gasteiger partial charge in [-0.25, -0.2) is 0 Å². The van der Waals surface area contributed by atoms with Crippen molar-refractivity contribution in [2.75, 3.05) is 13.1 Å². The van der Waals surface area contributed by atoms with Crippen molar-refractivity contribution in [1.29, 1.82) is 0 Å². The van der Waals surface area contributed by atoms with Gasteiger partial charge >= 0.3 is 0 Å². The summed E-state index contributed by atoms with van der Waals surface area (Å²) in [6.45, 7) is 2.46. The summed E-state index contributed by atoms with van der Waals surface area (Å²) in [7, 11) is 0. The fraction of sp³-hybridized carbons (Fsp3) is 0.818. The van der Waals surface area contributed by atoms with Crippen molar-refractivity contribution < 1.29 is 0 Å². The molecule has 0 aromatic heterocycles. The minimum atomic E-state index is 0.903. The molecule has 1 saturated heterocycles. The van der Waals surface area contributed by atoms with Gasteiger partial charge in [0, 0.05) is 5.70 Å². The molecule has 1 fully saturated rings. The zero-order chi connectivity index (χ0) is 9.10. The second-order valence-electron chi connectivity index (χ2n) is 4.42. The number of rotatable bonds is 1. The summed E-state index contributed by atoms with van der Waals surface area (Å²) in [6, 6.07) is 0. The molecule has 2 aliphatic rings. The number of nitrogens with two attached hydrogens (primary N) is 1. The Labute approximate surface area is 80.6 Å². The molecule has 1 aliphatic heterocycles. The number of hydrogen-bond donors (Lipinski definition) is 2. The second-order valence-corrected chi connectivity index (χ2v) is 4.42. The Kier molecular flexibility index (Phi) is 2.89. The van der Waals surface area contributed by atoms with Crippen LogP contribution in [-0.4, -0.2) is 13.1 Å². The van der Waals surface area contributed by atoms with Gasteiger partial charge in [0.05, 0.1) is 0 Å². The SMILES string of the molecule is NC1=CCC(C2CCCNC2)CC1. The molecular formula is C11H20N2. The lowest BCUT2D eigenvalue weighted by Crippen LogP contribution is -2.34. The highest BCUT2D eigenvalue weighted by Gasteiger charge is 2.24. The molecule has 3 N–H and O–H groups in total. The average Bonchev–Trinajstić information content (AvgIpc) is 2.20. The van der Waals surface area contributed by atoms with Gasteiger partial charge in [0.25, 0.3) is 0 Å². The van der Waals surface area contributed by atoms with Crippen LogP contribution in [0.1, 0.15) is 32.1 Å². The molecule has 2 heteroatoms. The third-order valence-corrected chi connectivity index (χ3v) is 3.49. The van der Waals surface area contributed by atoms with Gasteiger partial charge in [-0.1, -0.05) is 6.08 Å². The van der Waals surface area contributed by atoms with Crippen LogP contribution >= 0.6 is 0 Å². The van der Waals surface area contributed by atoms with Gasteiger partial charge in [-0.05, 0) is 57.0 Å². The molecule has 1 aliphatic carbocycles.